The summed E-state index contributed by atoms with van der Waals surface area (Å²) in [4.78, 5) is 11.1. The number of anilines is 2. The molecule has 2 aromatic carbocycles. The van der Waals surface area contributed by atoms with Gasteiger partial charge in [0.05, 0.1) is 11.1 Å². The maximum atomic E-state index is 14.0. The second-order valence-corrected chi connectivity index (χ2v) is 6.82. The van der Waals surface area contributed by atoms with Gasteiger partial charge in [0.15, 0.2) is 5.82 Å². The molecule has 25 heavy (non-hydrogen) atoms. The van der Waals surface area contributed by atoms with Gasteiger partial charge in [-0.15, -0.1) is 11.3 Å². The summed E-state index contributed by atoms with van der Waals surface area (Å²) < 4.78 is 27.2. The van der Waals surface area contributed by atoms with Crippen LogP contribution in [0.1, 0.15) is 4.88 Å². The Labute approximate surface area is 147 Å². The molecule has 2 heterocycles. The van der Waals surface area contributed by atoms with Gasteiger partial charge in [0.25, 0.3) is 0 Å². The molecule has 3 nitrogen and oxygen atoms in total. The van der Waals surface area contributed by atoms with Crippen LogP contribution in [-0.2, 0) is 0 Å². The van der Waals surface area contributed by atoms with Crippen LogP contribution in [0.3, 0.4) is 0 Å². The molecule has 0 radical (unpaired) electrons. The van der Waals surface area contributed by atoms with Crippen LogP contribution in [0.4, 0.5) is 20.3 Å². The molecule has 0 saturated heterocycles. The van der Waals surface area contributed by atoms with Crippen molar-refractivity contribution in [2.24, 2.45) is 0 Å². The van der Waals surface area contributed by atoms with E-state index in [1.54, 1.807) is 11.3 Å². The molecule has 124 valence electrons. The Morgan fingerprint density at radius 1 is 0.960 bits per heavy atom. The number of hydrogen-bond donors (Lipinski definition) is 1. The lowest BCUT2D eigenvalue weighted by Gasteiger charge is -2.10. The summed E-state index contributed by atoms with van der Waals surface area (Å²) in [5.41, 5.74) is 1.04. The van der Waals surface area contributed by atoms with Gasteiger partial charge in [-0.25, -0.2) is 18.7 Å². The van der Waals surface area contributed by atoms with Gasteiger partial charge in [-0.3, -0.25) is 0 Å². The highest BCUT2D eigenvalue weighted by atomic mass is 32.1. The van der Waals surface area contributed by atoms with Gasteiger partial charge in [0.2, 0.25) is 0 Å². The highest BCUT2D eigenvalue weighted by molar-refractivity contribution is 7.18. The van der Waals surface area contributed by atoms with Crippen molar-refractivity contribution >= 4 is 33.1 Å². The minimum atomic E-state index is -0.667. The summed E-state index contributed by atoms with van der Waals surface area (Å²) in [7, 11) is 0. The molecule has 0 aliphatic heterocycles. The van der Waals surface area contributed by atoms with Crippen LogP contribution >= 0.6 is 11.3 Å². The van der Waals surface area contributed by atoms with E-state index in [0.717, 1.165) is 26.7 Å². The number of benzene rings is 2. The van der Waals surface area contributed by atoms with Crippen LogP contribution < -0.4 is 5.32 Å². The average molecular weight is 353 g/mol. The number of nitrogens with one attached hydrogen (secondary N) is 1. The predicted octanol–water partition coefficient (Wildman–Crippen LogP) is 5.69. The van der Waals surface area contributed by atoms with Gasteiger partial charge in [0.1, 0.15) is 22.3 Å². The average Bonchev–Trinajstić information content (AvgIpc) is 2.98. The van der Waals surface area contributed by atoms with Crippen molar-refractivity contribution in [2.75, 3.05) is 5.32 Å². The van der Waals surface area contributed by atoms with E-state index in [1.165, 1.54) is 12.1 Å². The molecule has 0 amide bonds. The smallest absolute Gasteiger partial charge is 0.163 e. The lowest BCUT2D eigenvalue weighted by molar-refractivity contribution is 0.586. The first-order valence-electron chi connectivity index (χ1n) is 7.66. The number of fused-ring (bicyclic) bond motifs is 1. The molecule has 0 bridgehead atoms. The lowest BCUT2D eigenvalue weighted by Crippen LogP contribution is -2.00. The number of halogens is 2. The predicted molar refractivity (Wildman–Crippen MR) is 97.2 cm³/mol. The van der Waals surface area contributed by atoms with E-state index in [2.05, 4.69) is 15.3 Å². The zero-order valence-corrected chi connectivity index (χ0v) is 14.1. The number of rotatable bonds is 3. The van der Waals surface area contributed by atoms with Gasteiger partial charge in [-0.1, -0.05) is 30.3 Å². The summed E-state index contributed by atoms with van der Waals surface area (Å²) in [6.45, 7) is 1.98. The summed E-state index contributed by atoms with van der Waals surface area (Å²) in [6.07, 6.45) is 0. The van der Waals surface area contributed by atoms with Crippen LogP contribution in [0.2, 0.25) is 0 Å². The maximum absolute atomic E-state index is 14.0. The van der Waals surface area contributed by atoms with Crippen LogP contribution in [0.15, 0.2) is 54.6 Å². The quantitative estimate of drug-likeness (QED) is 0.514. The third-order valence-corrected chi connectivity index (χ3v) is 4.68. The van der Waals surface area contributed by atoms with Crippen molar-refractivity contribution in [3.63, 3.8) is 0 Å². The zero-order valence-electron chi connectivity index (χ0n) is 13.3. The molecule has 0 aliphatic rings. The minimum absolute atomic E-state index is 0.171. The Morgan fingerprint density at radius 3 is 2.52 bits per heavy atom. The minimum Gasteiger partial charge on any atom is -0.337 e. The van der Waals surface area contributed by atoms with Gasteiger partial charge >= 0.3 is 0 Å². The van der Waals surface area contributed by atoms with E-state index in [1.807, 2.05) is 43.3 Å². The third kappa shape index (κ3) is 3.08. The molecule has 2 aromatic heterocycles. The molecule has 6 heteroatoms. The summed E-state index contributed by atoms with van der Waals surface area (Å²) in [5, 5.41) is 3.79. The Balaban J connectivity index is 1.86. The molecular weight excluding hydrogens is 340 g/mol. The van der Waals surface area contributed by atoms with Crippen LogP contribution in [0, 0.1) is 18.6 Å². The Bertz CT molecular complexity index is 1060. The monoisotopic (exact) mass is 353 g/mol. The van der Waals surface area contributed by atoms with Crippen LogP contribution in [0.25, 0.3) is 21.6 Å². The number of hydrogen-bond acceptors (Lipinski definition) is 4. The van der Waals surface area contributed by atoms with E-state index in [0.29, 0.717) is 11.6 Å². The molecule has 4 aromatic rings. The molecule has 4 rings (SSSR count). The first-order valence-corrected chi connectivity index (χ1v) is 8.47. The van der Waals surface area contributed by atoms with Crippen molar-refractivity contribution in [3.05, 3.63) is 71.1 Å². The molecule has 0 unspecified atom stereocenters. The number of aryl methyl sites for hydroxylation is 1. The maximum Gasteiger partial charge on any atom is 0.163 e. The molecule has 0 spiro atoms. The highest BCUT2D eigenvalue weighted by Gasteiger charge is 2.14. The second kappa shape index (κ2) is 6.22. The Hall–Kier alpha value is -2.86. The topological polar surface area (TPSA) is 37.8 Å². The van der Waals surface area contributed by atoms with Crippen molar-refractivity contribution in [1.82, 2.24) is 9.97 Å². The zero-order chi connectivity index (χ0) is 17.4. The number of nitrogens with zero attached hydrogens (tertiary/aromatic N) is 2. The van der Waals surface area contributed by atoms with Crippen LogP contribution in [-0.4, -0.2) is 9.97 Å². The highest BCUT2D eigenvalue weighted by Crippen LogP contribution is 2.33. The van der Waals surface area contributed by atoms with Crippen molar-refractivity contribution in [3.8, 4) is 11.4 Å². The summed E-state index contributed by atoms with van der Waals surface area (Å²) in [5.74, 6) is -0.231. The molecule has 1 N–H and O–H groups in total. The van der Waals surface area contributed by atoms with Gasteiger partial charge in [-0.2, -0.15) is 0 Å². The normalized spacial score (nSPS) is 11.0. The largest absolute Gasteiger partial charge is 0.337 e. The Kier molecular flexibility index (Phi) is 3.89. The van der Waals surface area contributed by atoms with E-state index in [9.17, 15) is 8.78 Å². The molecule has 0 fully saturated rings. The molecule has 0 atom stereocenters. The second-order valence-electron chi connectivity index (χ2n) is 5.59. The van der Waals surface area contributed by atoms with Crippen molar-refractivity contribution in [1.29, 1.82) is 0 Å². The van der Waals surface area contributed by atoms with E-state index < -0.39 is 11.6 Å². The fourth-order valence-corrected chi connectivity index (χ4v) is 3.45. The summed E-state index contributed by atoms with van der Waals surface area (Å²) >= 11 is 1.55. The number of thiophene rings is 1. The van der Waals surface area contributed by atoms with Gasteiger partial charge in [0, 0.05) is 16.5 Å². The van der Waals surface area contributed by atoms with E-state index in [4.69, 9.17) is 0 Å². The van der Waals surface area contributed by atoms with E-state index >= 15 is 0 Å². The van der Waals surface area contributed by atoms with Crippen molar-refractivity contribution in [2.45, 2.75) is 6.92 Å². The molecule has 0 aliphatic carbocycles. The lowest BCUT2D eigenvalue weighted by atomic mass is 10.2. The molecule has 0 saturated carbocycles. The first kappa shape index (κ1) is 15.7. The number of aromatic nitrogens is 2. The SMILES string of the molecule is Cc1cc2c(Nc3ccc(F)cc3F)nc(-c3ccccc3)nc2s1. The van der Waals surface area contributed by atoms with Gasteiger partial charge in [-0.05, 0) is 25.1 Å². The Morgan fingerprint density at radius 2 is 1.76 bits per heavy atom. The van der Waals surface area contributed by atoms with E-state index in [-0.39, 0.29) is 5.69 Å². The molecular formula is C19H13F2N3S. The van der Waals surface area contributed by atoms with Crippen LogP contribution in [0.5, 0.6) is 0 Å². The first-order chi connectivity index (χ1) is 12.1. The van der Waals surface area contributed by atoms with Crippen molar-refractivity contribution < 1.29 is 8.78 Å². The fraction of sp³-hybridized carbons (Fsp3) is 0.0526. The summed E-state index contributed by atoms with van der Waals surface area (Å²) in [6, 6.07) is 15.0. The fourth-order valence-electron chi connectivity index (χ4n) is 2.57. The standard InChI is InChI=1S/C19H13F2N3S/c1-11-9-14-18(22-16-8-7-13(20)10-15(16)21)23-17(24-19(14)25-11)12-5-3-2-4-6-12/h2-10H,1H3,(H,22,23,24). The van der Waals surface area contributed by atoms with Gasteiger partial charge < -0.3 is 5.32 Å². The third-order valence-electron chi connectivity index (χ3n) is 3.73.